The molecule has 0 heterocycles. The van der Waals surface area contributed by atoms with Crippen molar-refractivity contribution in [2.24, 2.45) is 16.7 Å². The third-order valence-corrected chi connectivity index (χ3v) is 7.13. The Morgan fingerprint density at radius 1 is 0.875 bits per heavy atom. The summed E-state index contributed by atoms with van der Waals surface area (Å²) >= 11 is 0. The Morgan fingerprint density at radius 2 is 1.71 bits per heavy atom. The Bertz CT molecular complexity index is 862. The summed E-state index contributed by atoms with van der Waals surface area (Å²) < 4.78 is 0. The molecule has 0 bridgehead atoms. The van der Waals surface area contributed by atoms with E-state index in [9.17, 15) is 0 Å². The summed E-state index contributed by atoms with van der Waals surface area (Å²) in [6, 6.07) is 0. The zero-order valence-corrected chi connectivity index (χ0v) is 14.5. The molecule has 0 aromatic heterocycles. The maximum absolute atomic E-state index is 2.50. The average Bonchev–Trinajstić information content (AvgIpc) is 3.23. The predicted molar refractivity (Wildman–Crippen MR) is 101 cm³/mol. The topological polar surface area (TPSA) is 0 Å². The standard InChI is InChI=1S/C24H24/c1-23(21-13-17-7-3-4-8-18(17)14-21)11-12-24(23,2)22-15-19-9-5-6-10-20(19)16-22/h3-5,7-10,13-17H,6,11-12H2,1-2H3. The van der Waals surface area contributed by atoms with Crippen LogP contribution in [0, 0.1) is 16.7 Å². The zero-order valence-electron chi connectivity index (χ0n) is 14.5. The average molecular weight is 312 g/mol. The van der Waals surface area contributed by atoms with Gasteiger partial charge in [0.1, 0.15) is 0 Å². The first kappa shape index (κ1) is 14.3. The molecule has 120 valence electrons. The molecule has 5 rings (SSSR count). The van der Waals surface area contributed by atoms with E-state index in [1.165, 1.54) is 35.1 Å². The highest BCUT2D eigenvalue weighted by atomic mass is 14.6. The highest BCUT2D eigenvalue weighted by molar-refractivity contribution is 5.62. The van der Waals surface area contributed by atoms with Gasteiger partial charge in [-0.3, -0.25) is 0 Å². The van der Waals surface area contributed by atoms with Gasteiger partial charge in [-0.2, -0.15) is 0 Å². The molecular weight excluding hydrogens is 288 g/mol. The van der Waals surface area contributed by atoms with Crippen LogP contribution < -0.4 is 0 Å². The molecule has 24 heavy (non-hydrogen) atoms. The second kappa shape index (κ2) is 4.72. The molecule has 5 aliphatic rings. The normalized spacial score (nSPS) is 38.6. The Balaban J connectivity index is 1.53. The third kappa shape index (κ3) is 1.75. The summed E-state index contributed by atoms with van der Waals surface area (Å²) in [7, 11) is 0. The van der Waals surface area contributed by atoms with Crippen LogP contribution >= 0.6 is 0 Å². The third-order valence-electron chi connectivity index (χ3n) is 7.13. The first-order valence-electron chi connectivity index (χ1n) is 9.20. The van der Waals surface area contributed by atoms with Crippen molar-refractivity contribution in [3.05, 3.63) is 94.7 Å². The van der Waals surface area contributed by atoms with Gasteiger partial charge in [-0.05, 0) is 47.1 Å². The Morgan fingerprint density at radius 3 is 2.46 bits per heavy atom. The molecule has 0 N–H and O–H groups in total. The van der Waals surface area contributed by atoms with Crippen molar-refractivity contribution in [1.82, 2.24) is 0 Å². The van der Waals surface area contributed by atoms with Gasteiger partial charge < -0.3 is 0 Å². The minimum atomic E-state index is 0.246. The molecule has 0 aromatic rings. The van der Waals surface area contributed by atoms with Gasteiger partial charge >= 0.3 is 0 Å². The van der Waals surface area contributed by atoms with Crippen molar-refractivity contribution < 1.29 is 0 Å². The molecule has 5 aliphatic carbocycles. The maximum atomic E-state index is 2.50. The highest BCUT2D eigenvalue weighted by Crippen LogP contribution is 2.66. The second-order valence-electron chi connectivity index (χ2n) is 8.20. The van der Waals surface area contributed by atoms with E-state index in [4.69, 9.17) is 0 Å². The van der Waals surface area contributed by atoms with Gasteiger partial charge in [0.25, 0.3) is 0 Å². The van der Waals surface area contributed by atoms with Crippen LogP contribution in [0.4, 0.5) is 0 Å². The van der Waals surface area contributed by atoms with E-state index in [0.29, 0.717) is 5.92 Å². The molecule has 3 unspecified atom stereocenters. The largest absolute Gasteiger partial charge is 0.0801 e. The molecular formula is C24H24. The lowest BCUT2D eigenvalue weighted by Crippen LogP contribution is -2.49. The van der Waals surface area contributed by atoms with Crippen LogP contribution in [0.2, 0.25) is 0 Å². The summed E-state index contributed by atoms with van der Waals surface area (Å²) in [5.74, 6) is 0.496. The van der Waals surface area contributed by atoms with E-state index < -0.39 is 0 Å². The van der Waals surface area contributed by atoms with Crippen molar-refractivity contribution in [2.45, 2.75) is 33.1 Å². The monoisotopic (exact) mass is 312 g/mol. The molecule has 0 aromatic carbocycles. The lowest BCUT2D eigenvalue weighted by atomic mass is 9.46. The molecule has 0 saturated heterocycles. The lowest BCUT2D eigenvalue weighted by molar-refractivity contribution is 0.0256. The zero-order chi connectivity index (χ0) is 16.4. The Labute approximate surface area is 145 Å². The highest BCUT2D eigenvalue weighted by Gasteiger charge is 2.56. The molecule has 0 heteroatoms. The Hall–Kier alpha value is -2.08. The van der Waals surface area contributed by atoms with Crippen LogP contribution in [0.1, 0.15) is 33.1 Å². The smallest absolute Gasteiger partial charge is 0.0207 e. The van der Waals surface area contributed by atoms with E-state index in [1.807, 2.05) is 0 Å². The Kier molecular flexibility index (Phi) is 2.81. The fourth-order valence-electron chi connectivity index (χ4n) is 5.01. The van der Waals surface area contributed by atoms with E-state index in [2.05, 4.69) is 80.7 Å². The predicted octanol–water partition coefficient (Wildman–Crippen LogP) is 6.15. The van der Waals surface area contributed by atoms with Gasteiger partial charge in [0, 0.05) is 16.7 Å². The number of allylic oxidation sites excluding steroid dienone is 16. The summed E-state index contributed by atoms with van der Waals surface area (Å²) in [5.41, 5.74) is 7.87. The van der Waals surface area contributed by atoms with Crippen LogP contribution in [0.15, 0.2) is 94.7 Å². The van der Waals surface area contributed by atoms with E-state index in [1.54, 1.807) is 5.57 Å². The molecule has 0 aliphatic heterocycles. The van der Waals surface area contributed by atoms with Crippen LogP contribution in [-0.4, -0.2) is 0 Å². The summed E-state index contributed by atoms with van der Waals surface area (Å²) in [5, 5.41) is 0. The minimum absolute atomic E-state index is 0.246. The van der Waals surface area contributed by atoms with Crippen molar-refractivity contribution in [3.8, 4) is 0 Å². The molecule has 0 nitrogen and oxygen atoms in total. The summed E-state index contributed by atoms with van der Waals surface area (Å²) in [6.07, 6.45) is 29.3. The quantitative estimate of drug-likeness (QED) is 0.573. The molecule has 3 atom stereocenters. The maximum Gasteiger partial charge on any atom is 0.0207 e. The number of hydrogen-bond donors (Lipinski definition) is 0. The van der Waals surface area contributed by atoms with Crippen molar-refractivity contribution in [3.63, 3.8) is 0 Å². The van der Waals surface area contributed by atoms with Gasteiger partial charge in [0.15, 0.2) is 0 Å². The first-order valence-corrected chi connectivity index (χ1v) is 9.20. The van der Waals surface area contributed by atoms with E-state index in [-0.39, 0.29) is 10.8 Å². The van der Waals surface area contributed by atoms with Crippen LogP contribution in [-0.2, 0) is 0 Å². The van der Waals surface area contributed by atoms with Gasteiger partial charge in [-0.15, -0.1) is 0 Å². The molecule has 0 radical (unpaired) electrons. The second-order valence-corrected chi connectivity index (χ2v) is 8.20. The van der Waals surface area contributed by atoms with Gasteiger partial charge in [0.05, 0.1) is 0 Å². The number of fused-ring (bicyclic) bond motifs is 2. The van der Waals surface area contributed by atoms with Crippen molar-refractivity contribution in [2.75, 3.05) is 0 Å². The molecule has 0 amide bonds. The number of rotatable bonds is 2. The lowest BCUT2D eigenvalue weighted by Gasteiger charge is -2.58. The molecule has 0 spiro atoms. The summed E-state index contributed by atoms with van der Waals surface area (Å²) in [6.45, 7) is 4.96. The van der Waals surface area contributed by atoms with Gasteiger partial charge in [0.2, 0.25) is 0 Å². The first-order chi connectivity index (χ1) is 11.6. The molecule has 1 fully saturated rings. The molecule has 1 saturated carbocycles. The summed E-state index contributed by atoms with van der Waals surface area (Å²) in [4.78, 5) is 0. The van der Waals surface area contributed by atoms with Crippen LogP contribution in [0.5, 0.6) is 0 Å². The van der Waals surface area contributed by atoms with Crippen LogP contribution in [0.3, 0.4) is 0 Å². The van der Waals surface area contributed by atoms with Gasteiger partial charge in [-0.25, -0.2) is 0 Å². The fourth-order valence-corrected chi connectivity index (χ4v) is 5.01. The van der Waals surface area contributed by atoms with Crippen molar-refractivity contribution >= 4 is 0 Å². The van der Waals surface area contributed by atoms with Crippen LogP contribution in [0.25, 0.3) is 0 Å². The van der Waals surface area contributed by atoms with Crippen molar-refractivity contribution in [1.29, 1.82) is 0 Å². The fraction of sp³-hybridized carbons (Fsp3) is 0.333. The van der Waals surface area contributed by atoms with E-state index in [0.717, 1.165) is 6.42 Å². The van der Waals surface area contributed by atoms with Gasteiger partial charge in [-0.1, -0.05) is 80.7 Å². The van der Waals surface area contributed by atoms with E-state index >= 15 is 0 Å². The minimum Gasteiger partial charge on any atom is -0.0801 e. The number of hydrogen-bond acceptors (Lipinski definition) is 0. The SMILES string of the molecule is CC1(C2=CC3=CCC=CC3=C2)CCC1(C)C1=CC2C=CC=CC2=C1.